The van der Waals surface area contributed by atoms with E-state index >= 15 is 0 Å². The molecule has 1 N–H and O–H groups in total. The van der Waals surface area contributed by atoms with E-state index in [0.717, 1.165) is 5.56 Å². The first-order valence-electron chi connectivity index (χ1n) is 6.52. The fourth-order valence-electron chi connectivity index (χ4n) is 1.88. The second-order valence-corrected chi connectivity index (χ2v) is 4.86. The molecule has 0 aliphatic rings. The van der Waals surface area contributed by atoms with Gasteiger partial charge in [0, 0.05) is 5.56 Å². The van der Waals surface area contributed by atoms with Crippen LogP contribution in [-0.4, -0.2) is 10.9 Å². The molecule has 0 spiro atoms. The molecule has 0 saturated heterocycles. The zero-order chi connectivity index (χ0) is 15.2. The average molecular weight is 308 g/mol. The second kappa shape index (κ2) is 7.09. The second-order valence-electron chi connectivity index (χ2n) is 4.45. The van der Waals surface area contributed by atoms with Crippen LogP contribution >= 0.6 is 11.6 Å². The van der Waals surface area contributed by atoms with Crippen molar-refractivity contribution in [3.63, 3.8) is 0 Å². The number of halogens is 2. The number of hydrogen-bond donors (Lipinski definition) is 1. The molecule has 2 aromatic carbocycles. The monoisotopic (exact) mass is 307 g/mol. The Morgan fingerprint density at radius 1 is 1.24 bits per heavy atom. The predicted octanol–water partition coefficient (Wildman–Crippen LogP) is 4.65. The zero-order valence-electron chi connectivity index (χ0n) is 11.5. The summed E-state index contributed by atoms with van der Waals surface area (Å²) in [5.41, 5.74) is 2.17. The number of benzene rings is 2. The Labute approximate surface area is 127 Å². The van der Waals surface area contributed by atoms with Gasteiger partial charge in [-0.2, -0.15) is 0 Å². The van der Waals surface area contributed by atoms with E-state index in [1.165, 1.54) is 12.1 Å². The molecule has 0 heterocycles. The van der Waals surface area contributed by atoms with E-state index in [4.69, 9.17) is 21.5 Å². The van der Waals surface area contributed by atoms with E-state index in [1.807, 2.05) is 19.1 Å². The summed E-state index contributed by atoms with van der Waals surface area (Å²) in [6.07, 6.45) is 0.641. The maximum absolute atomic E-state index is 12.9. The summed E-state index contributed by atoms with van der Waals surface area (Å²) in [5, 5.41) is 12.4. The van der Waals surface area contributed by atoms with Crippen molar-refractivity contribution in [1.29, 1.82) is 0 Å². The van der Waals surface area contributed by atoms with Gasteiger partial charge in [0.2, 0.25) is 0 Å². The Morgan fingerprint density at radius 2 is 1.95 bits per heavy atom. The van der Waals surface area contributed by atoms with Gasteiger partial charge in [0.25, 0.3) is 0 Å². The molecular weight excluding hydrogens is 293 g/mol. The molecule has 0 fully saturated rings. The predicted molar refractivity (Wildman–Crippen MR) is 80.8 cm³/mol. The molecular formula is C16H15ClFNO2. The largest absolute Gasteiger partial charge is 0.489 e. The summed E-state index contributed by atoms with van der Waals surface area (Å²) in [7, 11) is 0. The van der Waals surface area contributed by atoms with Gasteiger partial charge >= 0.3 is 0 Å². The zero-order valence-corrected chi connectivity index (χ0v) is 12.3. The highest BCUT2D eigenvalue weighted by atomic mass is 35.5. The Bertz CT molecular complexity index is 641. The Hall–Kier alpha value is -2.07. The summed E-state index contributed by atoms with van der Waals surface area (Å²) < 4.78 is 18.5. The summed E-state index contributed by atoms with van der Waals surface area (Å²) >= 11 is 5.94. The lowest BCUT2D eigenvalue weighted by Gasteiger charge is -2.09. The molecule has 0 amide bonds. The highest BCUT2D eigenvalue weighted by Gasteiger charge is 2.05. The van der Waals surface area contributed by atoms with Crippen LogP contribution in [0.25, 0.3) is 0 Å². The number of hydrogen-bond acceptors (Lipinski definition) is 3. The van der Waals surface area contributed by atoms with Gasteiger partial charge in [-0.1, -0.05) is 29.7 Å². The van der Waals surface area contributed by atoms with Crippen molar-refractivity contribution in [3.8, 4) is 5.75 Å². The van der Waals surface area contributed by atoms with Gasteiger partial charge in [0.1, 0.15) is 18.2 Å². The average Bonchev–Trinajstić information content (AvgIpc) is 2.49. The molecule has 0 aromatic heterocycles. The molecule has 0 unspecified atom stereocenters. The van der Waals surface area contributed by atoms with Gasteiger partial charge in [-0.3, -0.25) is 0 Å². The van der Waals surface area contributed by atoms with E-state index in [0.29, 0.717) is 28.5 Å². The van der Waals surface area contributed by atoms with Crippen LogP contribution in [0.2, 0.25) is 5.02 Å². The van der Waals surface area contributed by atoms with Crippen molar-refractivity contribution in [3.05, 3.63) is 64.4 Å². The first-order valence-corrected chi connectivity index (χ1v) is 6.90. The third kappa shape index (κ3) is 3.95. The van der Waals surface area contributed by atoms with Gasteiger partial charge in [-0.15, -0.1) is 0 Å². The molecule has 3 nitrogen and oxygen atoms in total. The van der Waals surface area contributed by atoms with Gasteiger partial charge in [0.05, 0.1) is 10.7 Å². The van der Waals surface area contributed by atoms with E-state index < -0.39 is 0 Å². The first-order chi connectivity index (χ1) is 10.1. The molecule has 0 radical (unpaired) electrons. The summed E-state index contributed by atoms with van der Waals surface area (Å²) in [6.45, 7) is 2.17. The summed E-state index contributed by atoms with van der Waals surface area (Å²) in [4.78, 5) is 0. The van der Waals surface area contributed by atoms with Crippen LogP contribution in [0, 0.1) is 5.82 Å². The summed E-state index contributed by atoms with van der Waals surface area (Å²) in [6, 6.07) is 11.4. The van der Waals surface area contributed by atoms with Crippen molar-refractivity contribution >= 4 is 17.3 Å². The number of rotatable bonds is 5. The van der Waals surface area contributed by atoms with Crippen LogP contribution in [0.1, 0.15) is 24.5 Å². The molecule has 0 atom stereocenters. The molecule has 0 aliphatic carbocycles. The standard InChI is InChI=1S/C16H15ClFNO2/c1-2-16(19-20)11-4-7-14(8-5-11)21-10-12-3-6-13(18)9-15(12)17/h3-9,20H,2,10H2,1H3/b19-16+. The topological polar surface area (TPSA) is 41.8 Å². The molecule has 0 bridgehead atoms. The maximum Gasteiger partial charge on any atom is 0.124 e. The van der Waals surface area contributed by atoms with Crippen LogP contribution in [0.5, 0.6) is 5.75 Å². The minimum Gasteiger partial charge on any atom is -0.489 e. The van der Waals surface area contributed by atoms with Crippen molar-refractivity contribution in [1.82, 2.24) is 0 Å². The van der Waals surface area contributed by atoms with Crippen molar-refractivity contribution in [2.45, 2.75) is 20.0 Å². The maximum atomic E-state index is 12.9. The molecule has 21 heavy (non-hydrogen) atoms. The van der Waals surface area contributed by atoms with Gasteiger partial charge in [0.15, 0.2) is 0 Å². The van der Waals surface area contributed by atoms with Crippen molar-refractivity contribution in [2.24, 2.45) is 5.16 Å². The lowest BCUT2D eigenvalue weighted by molar-refractivity contribution is 0.306. The SMILES string of the molecule is CC/C(=N\O)c1ccc(OCc2ccc(F)cc2Cl)cc1. The van der Waals surface area contributed by atoms with E-state index in [2.05, 4.69) is 5.16 Å². The number of nitrogens with zero attached hydrogens (tertiary/aromatic N) is 1. The van der Waals surface area contributed by atoms with Crippen LogP contribution in [0.3, 0.4) is 0 Å². The molecule has 2 aromatic rings. The fraction of sp³-hybridized carbons (Fsp3) is 0.188. The highest BCUT2D eigenvalue weighted by Crippen LogP contribution is 2.20. The molecule has 0 saturated carbocycles. The third-order valence-corrected chi connectivity index (χ3v) is 3.40. The third-order valence-electron chi connectivity index (χ3n) is 3.05. The quantitative estimate of drug-likeness (QED) is 0.496. The van der Waals surface area contributed by atoms with E-state index in [1.54, 1.807) is 18.2 Å². The van der Waals surface area contributed by atoms with Gasteiger partial charge in [-0.05, 0) is 48.4 Å². The summed E-state index contributed by atoms with van der Waals surface area (Å²) in [5.74, 6) is 0.288. The van der Waals surface area contributed by atoms with Gasteiger partial charge in [-0.25, -0.2) is 4.39 Å². The molecule has 2 rings (SSSR count). The minimum atomic E-state index is -0.372. The molecule has 5 heteroatoms. The normalized spacial score (nSPS) is 11.5. The minimum absolute atomic E-state index is 0.257. The van der Waals surface area contributed by atoms with Crippen molar-refractivity contribution in [2.75, 3.05) is 0 Å². The Balaban J connectivity index is 2.04. The van der Waals surface area contributed by atoms with E-state index in [-0.39, 0.29) is 12.4 Å². The van der Waals surface area contributed by atoms with Crippen molar-refractivity contribution < 1.29 is 14.3 Å². The van der Waals surface area contributed by atoms with E-state index in [9.17, 15) is 4.39 Å². The Kier molecular flexibility index (Phi) is 5.17. The highest BCUT2D eigenvalue weighted by molar-refractivity contribution is 6.31. The number of oxime groups is 1. The first kappa shape index (κ1) is 15.3. The lowest BCUT2D eigenvalue weighted by atomic mass is 10.1. The number of ether oxygens (including phenoxy) is 1. The van der Waals surface area contributed by atoms with Crippen LogP contribution in [0.4, 0.5) is 4.39 Å². The van der Waals surface area contributed by atoms with Crippen LogP contribution in [-0.2, 0) is 6.61 Å². The van der Waals surface area contributed by atoms with Crippen LogP contribution in [0.15, 0.2) is 47.6 Å². The lowest BCUT2D eigenvalue weighted by Crippen LogP contribution is -2.00. The van der Waals surface area contributed by atoms with Gasteiger partial charge < -0.3 is 9.94 Å². The Morgan fingerprint density at radius 3 is 2.52 bits per heavy atom. The molecule has 0 aliphatic heterocycles. The molecule has 110 valence electrons. The smallest absolute Gasteiger partial charge is 0.124 e. The fourth-order valence-corrected chi connectivity index (χ4v) is 2.10. The van der Waals surface area contributed by atoms with Crippen LogP contribution < -0.4 is 4.74 Å².